The molecule has 1 aliphatic carbocycles. The number of anilines is 1. The molecule has 1 fully saturated rings. The molecular weight excluding hydrogens is 272 g/mol. The van der Waals surface area contributed by atoms with Gasteiger partial charge in [-0.3, -0.25) is 0 Å². The average molecular weight is 288 g/mol. The fraction of sp³-hybridized carbons (Fsp3) is 0.600. The van der Waals surface area contributed by atoms with Crippen LogP contribution in [0.3, 0.4) is 0 Å². The van der Waals surface area contributed by atoms with Crippen molar-refractivity contribution < 1.29 is 8.42 Å². The zero-order chi connectivity index (χ0) is 13.2. The first-order valence-electron chi connectivity index (χ1n) is 5.64. The van der Waals surface area contributed by atoms with Gasteiger partial charge in [-0.2, -0.15) is 11.8 Å². The Labute approximate surface area is 111 Å². The second kappa shape index (κ2) is 5.41. The Morgan fingerprint density at radius 3 is 2.61 bits per heavy atom. The summed E-state index contributed by atoms with van der Waals surface area (Å²) in [7, 11) is -3.53. The third-order valence-corrected chi connectivity index (χ3v) is 5.57. The number of hydrogen-bond acceptors (Lipinski definition) is 6. The fourth-order valence-corrected chi connectivity index (χ4v) is 3.98. The zero-order valence-electron chi connectivity index (χ0n) is 10.0. The monoisotopic (exact) mass is 288 g/mol. The molecule has 2 unspecified atom stereocenters. The number of sulfonamides is 1. The van der Waals surface area contributed by atoms with E-state index in [1.807, 2.05) is 0 Å². The van der Waals surface area contributed by atoms with Crippen LogP contribution in [0, 0.1) is 0 Å². The minimum absolute atomic E-state index is 0.00463. The number of aromatic nitrogens is 2. The van der Waals surface area contributed by atoms with E-state index in [-0.39, 0.29) is 16.9 Å². The molecule has 100 valence electrons. The van der Waals surface area contributed by atoms with Crippen LogP contribution in [-0.4, -0.2) is 35.9 Å². The normalized spacial score (nSPS) is 24.3. The number of nitrogen functional groups attached to an aromatic ring is 1. The van der Waals surface area contributed by atoms with Gasteiger partial charge in [-0.1, -0.05) is 0 Å². The lowest BCUT2D eigenvalue weighted by molar-refractivity contribution is 0.552. The molecule has 0 saturated heterocycles. The van der Waals surface area contributed by atoms with E-state index in [9.17, 15) is 8.42 Å². The molecule has 0 amide bonds. The fourth-order valence-electron chi connectivity index (χ4n) is 2.01. The quantitative estimate of drug-likeness (QED) is 0.843. The number of nitrogens with two attached hydrogens (primary N) is 1. The second-order valence-corrected chi connectivity index (χ2v) is 7.12. The van der Waals surface area contributed by atoms with Crippen LogP contribution < -0.4 is 10.5 Å². The topological polar surface area (TPSA) is 98.0 Å². The van der Waals surface area contributed by atoms with Crippen LogP contribution in [0.4, 0.5) is 5.95 Å². The molecule has 2 atom stereocenters. The molecule has 3 N–H and O–H groups in total. The van der Waals surface area contributed by atoms with Crippen LogP contribution in [0.15, 0.2) is 17.3 Å². The van der Waals surface area contributed by atoms with E-state index < -0.39 is 10.0 Å². The summed E-state index contributed by atoms with van der Waals surface area (Å²) >= 11 is 1.78. The van der Waals surface area contributed by atoms with Crippen molar-refractivity contribution in [1.29, 1.82) is 0 Å². The lowest BCUT2D eigenvalue weighted by atomic mass is 10.3. The summed E-state index contributed by atoms with van der Waals surface area (Å²) in [5.74, 6) is 0.0669. The molecule has 1 aliphatic rings. The van der Waals surface area contributed by atoms with Crippen molar-refractivity contribution in [3.05, 3.63) is 12.4 Å². The van der Waals surface area contributed by atoms with Crippen LogP contribution in [0.5, 0.6) is 0 Å². The molecule has 0 spiro atoms. The molecule has 1 aromatic rings. The molecule has 8 heteroatoms. The minimum atomic E-state index is -3.53. The van der Waals surface area contributed by atoms with Crippen LogP contribution in [-0.2, 0) is 10.0 Å². The summed E-state index contributed by atoms with van der Waals surface area (Å²) in [6, 6.07) is 0.00463. The maximum Gasteiger partial charge on any atom is 0.243 e. The van der Waals surface area contributed by atoms with Gasteiger partial charge in [0.2, 0.25) is 16.0 Å². The third-order valence-electron chi connectivity index (χ3n) is 3.00. The maximum absolute atomic E-state index is 12.1. The molecule has 0 aliphatic heterocycles. The lowest BCUT2D eigenvalue weighted by Crippen LogP contribution is -2.33. The summed E-state index contributed by atoms with van der Waals surface area (Å²) in [6.07, 6.45) is 7.30. The van der Waals surface area contributed by atoms with E-state index in [0.717, 1.165) is 19.3 Å². The van der Waals surface area contributed by atoms with Crippen molar-refractivity contribution in [2.24, 2.45) is 0 Å². The Morgan fingerprint density at radius 1 is 1.39 bits per heavy atom. The van der Waals surface area contributed by atoms with Gasteiger partial charge < -0.3 is 5.73 Å². The highest BCUT2D eigenvalue weighted by Gasteiger charge is 2.28. The SMILES string of the molecule is CSC1CCC(NS(=O)(=O)c2cnc(N)nc2)C1. The predicted molar refractivity (Wildman–Crippen MR) is 71.7 cm³/mol. The largest absolute Gasteiger partial charge is 0.368 e. The van der Waals surface area contributed by atoms with E-state index in [2.05, 4.69) is 20.9 Å². The first-order chi connectivity index (χ1) is 8.51. The van der Waals surface area contributed by atoms with Gasteiger partial charge in [-0.15, -0.1) is 0 Å². The molecule has 1 heterocycles. The van der Waals surface area contributed by atoms with Crippen molar-refractivity contribution in [1.82, 2.24) is 14.7 Å². The molecule has 18 heavy (non-hydrogen) atoms. The van der Waals surface area contributed by atoms with Gasteiger partial charge in [0.05, 0.1) is 12.4 Å². The Bertz CT molecular complexity index is 503. The van der Waals surface area contributed by atoms with Gasteiger partial charge in [0.1, 0.15) is 4.90 Å². The Morgan fingerprint density at radius 2 is 2.06 bits per heavy atom. The number of nitrogens with zero attached hydrogens (tertiary/aromatic N) is 2. The first kappa shape index (κ1) is 13.6. The first-order valence-corrected chi connectivity index (χ1v) is 8.41. The Kier molecular flexibility index (Phi) is 4.08. The molecule has 1 aromatic heterocycles. The Hall–Kier alpha value is -0.860. The molecule has 2 rings (SSSR count). The van der Waals surface area contributed by atoms with E-state index in [1.54, 1.807) is 11.8 Å². The standard InChI is InChI=1S/C10H16N4O2S2/c1-17-8-3-2-7(4-8)14-18(15,16)9-5-12-10(11)13-6-9/h5-8,14H,2-4H2,1H3,(H2,11,12,13). The smallest absolute Gasteiger partial charge is 0.243 e. The molecular formula is C10H16N4O2S2. The molecule has 0 aromatic carbocycles. The van der Waals surface area contributed by atoms with E-state index in [0.29, 0.717) is 5.25 Å². The number of nitrogens with one attached hydrogen (secondary N) is 1. The highest BCUT2D eigenvalue weighted by Crippen LogP contribution is 2.29. The molecule has 0 bridgehead atoms. The van der Waals surface area contributed by atoms with Crippen molar-refractivity contribution >= 4 is 27.7 Å². The van der Waals surface area contributed by atoms with Gasteiger partial charge in [-0.25, -0.2) is 23.1 Å². The second-order valence-electron chi connectivity index (χ2n) is 4.27. The lowest BCUT2D eigenvalue weighted by Gasteiger charge is -2.12. The minimum Gasteiger partial charge on any atom is -0.368 e. The summed E-state index contributed by atoms with van der Waals surface area (Å²) < 4.78 is 26.8. The predicted octanol–water partition coefficient (Wildman–Crippen LogP) is 0.621. The van der Waals surface area contributed by atoms with Crippen LogP contribution in [0.2, 0.25) is 0 Å². The highest BCUT2D eigenvalue weighted by molar-refractivity contribution is 7.99. The van der Waals surface area contributed by atoms with Crippen LogP contribution >= 0.6 is 11.8 Å². The average Bonchev–Trinajstić information content (AvgIpc) is 2.76. The van der Waals surface area contributed by atoms with Crippen molar-refractivity contribution in [3.63, 3.8) is 0 Å². The van der Waals surface area contributed by atoms with Gasteiger partial charge in [0.15, 0.2) is 0 Å². The Balaban J connectivity index is 2.06. The van der Waals surface area contributed by atoms with Crippen molar-refractivity contribution in [3.8, 4) is 0 Å². The zero-order valence-corrected chi connectivity index (χ0v) is 11.7. The molecule has 0 radical (unpaired) electrons. The van der Waals surface area contributed by atoms with E-state index in [1.165, 1.54) is 12.4 Å². The third kappa shape index (κ3) is 3.12. The number of rotatable bonds is 4. The molecule has 6 nitrogen and oxygen atoms in total. The molecule has 1 saturated carbocycles. The highest BCUT2D eigenvalue weighted by atomic mass is 32.2. The summed E-state index contributed by atoms with van der Waals surface area (Å²) in [5, 5.41) is 0.542. The maximum atomic E-state index is 12.1. The number of thioether (sulfide) groups is 1. The summed E-state index contributed by atoms with van der Waals surface area (Å²) in [6.45, 7) is 0. The van der Waals surface area contributed by atoms with Gasteiger partial charge >= 0.3 is 0 Å². The van der Waals surface area contributed by atoms with Gasteiger partial charge in [0.25, 0.3) is 0 Å². The summed E-state index contributed by atoms with van der Waals surface area (Å²) in [5.41, 5.74) is 5.33. The van der Waals surface area contributed by atoms with Crippen LogP contribution in [0.1, 0.15) is 19.3 Å². The van der Waals surface area contributed by atoms with Crippen molar-refractivity contribution in [2.45, 2.75) is 35.4 Å². The van der Waals surface area contributed by atoms with Gasteiger partial charge in [0, 0.05) is 11.3 Å². The van der Waals surface area contributed by atoms with E-state index in [4.69, 9.17) is 5.73 Å². The number of hydrogen-bond donors (Lipinski definition) is 2. The van der Waals surface area contributed by atoms with E-state index >= 15 is 0 Å². The van der Waals surface area contributed by atoms with Gasteiger partial charge in [-0.05, 0) is 25.5 Å². The van der Waals surface area contributed by atoms with Crippen molar-refractivity contribution in [2.75, 3.05) is 12.0 Å². The summed E-state index contributed by atoms with van der Waals surface area (Å²) in [4.78, 5) is 7.45. The van der Waals surface area contributed by atoms with Crippen LogP contribution in [0.25, 0.3) is 0 Å².